The minimum absolute atomic E-state index is 0.00436. The number of rotatable bonds is 10. The Hall–Kier alpha value is -10.2. The summed E-state index contributed by atoms with van der Waals surface area (Å²) in [5, 5.41) is 1.51. The lowest BCUT2D eigenvalue weighted by Crippen LogP contribution is -2.65. The lowest BCUT2D eigenvalue weighted by Gasteiger charge is -2.49. The molecule has 0 saturated heterocycles. The summed E-state index contributed by atoms with van der Waals surface area (Å²) in [4.78, 5) is 10.9. The van der Waals surface area contributed by atoms with Crippen molar-refractivity contribution >= 4 is 105 Å². The Bertz CT molecular complexity index is 6720. The molecule has 9 heteroatoms. The molecule has 0 radical (unpaired) electrons. The number of ether oxygens (including phenoxy) is 2. The molecule has 2 aliphatic carbocycles. The first-order valence-electron chi connectivity index (χ1n) is 49.8. The molecule has 5 unspecified atom stereocenters. The third-order valence-electron chi connectivity index (χ3n) is 33.1. The molecule has 6 nitrogen and oxygen atoms in total. The molecular weight excluding hydrogens is 1620 g/mol. The van der Waals surface area contributed by atoms with Crippen LogP contribution in [0.3, 0.4) is 0 Å². The van der Waals surface area contributed by atoms with Crippen LogP contribution in [0.1, 0.15) is 306 Å². The van der Waals surface area contributed by atoms with Crippen LogP contribution in [0.5, 0.6) is 11.5 Å². The van der Waals surface area contributed by atoms with E-state index < -0.39 is 8.07 Å². The molecule has 5 atom stereocenters. The van der Waals surface area contributed by atoms with Crippen molar-refractivity contribution in [3.05, 3.63) is 301 Å². The Morgan fingerprint density at radius 2 is 0.735 bits per heavy atom. The maximum absolute atomic E-state index is 7.83. The van der Waals surface area contributed by atoms with Gasteiger partial charge in [-0.25, -0.2) is 0 Å². The van der Waals surface area contributed by atoms with Gasteiger partial charge in [-0.2, -0.15) is 0 Å². The molecule has 8 aliphatic rings. The summed E-state index contributed by atoms with van der Waals surface area (Å²) >= 11 is 0. The van der Waals surface area contributed by atoms with Crippen molar-refractivity contribution in [1.29, 1.82) is 0 Å². The van der Waals surface area contributed by atoms with Crippen LogP contribution >= 0.6 is 0 Å². The van der Waals surface area contributed by atoms with E-state index in [0.29, 0.717) is 0 Å². The van der Waals surface area contributed by atoms with Gasteiger partial charge in [0.15, 0.2) is 0 Å². The third-order valence-corrected chi connectivity index (χ3v) is 36.5. The summed E-state index contributed by atoms with van der Waals surface area (Å²) in [6, 6.07) is 87.4. The van der Waals surface area contributed by atoms with Crippen molar-refractivity contribution in [3.63, 3.8) is 0 Å². The highest BCUT2D eigenvalue weighted by atomic mass is 28.3. The first-order chi connectivity index (χ1) is 61.7. The van der Waals surface area contributed by atoms with E-state index in [1.807, 2.05) is 0 Å². The van der Waals surface area contributed by atoms with E-state index in [1.165, 1.54) is 195 Å². The van der Waals surface area contributed by atoms with Crippen LogP contribution in [0.25, 0.3) is 22.3 Å². The van der Waals surface area contributed by atoms with Gasteiger partial charge >= 0.3 is 0 Å². The average Bonchev–Trinajstić information content (AvgIpc) is 1.30. The average molecular weight is 1760 g/mol. The molecule has 0 aromatic heterocycles. The van der Waals surface area contributed by atoms with Crippen LogP contribution in [-0.4, -0.2) is 33.5 Å². The zero-order valence-electron chi connectivity index (χ0n) is 85.5. The van der Waals surface area contributed by atoms with Crippen LogP contribution in [0.4, 0.5) is 56.9 Å². The summed E-state index contributed by atoms with van der Waals surface area (Å²) in [7, 11) is -2.24. The number of hydrogen-bond acceptors (Lipinski definition) is 6. The van der Waals surface area contributed by atoms with E-state index in [0.717, 1.165) is 49.6 Å². The molecule has 0 saturated carbocycles. The molecule has 12 aromatic carbocycles. The fraction of sp³-hybridized carbons (Fsp3) is 0.415. The van der Waals surface area contributed by atoms with Crippen LogP contribution in [0.15, 0.2) is 212 Å². The van der Waals surface area contributed by atoms with E-state index in [4.69, 9.17) is 9.47 Å². The van der Waals surface area contributed by atoms with Crippen molar-refractivity contribution < 1.29 is 9.47 Å². The summed E-state index contributed by atoms with van der Waals surface area (Å²) < 4.78 is 15.6. The molecule has 20 rings (SSSR count). The van der Waals surface area contributed by atoms with Crippen molar-refractivity contribution in [1.82, 2.24) is 0 Å². The van der Waals surface area contributed by atoms with E-state index in [1.54, 1.807) is 0 Å². The van der Waals surface area contributed by atoms with Gasteiger partial charge in [0, 0.05) is 67.8 Å². The van der Waals surface area contributed by atoms with Gasteiger partial charge in [0.25, 0.3) is 13.4 Å². The predicted molar refractivity (Wildman–Crippen MR) is 570 cm³/mol. The SMILES string of the molecule is Cc1ccc(C)c(-c2cc3c(cc2N2c4ccc(C(C)(C)C)cc4B4c5c2cc(C)cc5N(c2ccc(C(C)(C)C)cc2)C2c5ccc(C(C)(C)C)cc5OC42)C(C)(CC[Si](C)(C)c2ccc(-c4cc5c(cc4N4c6ccc(C(C)(C)C)cc6B6c7c4cc(C)cc7N(c4ccc(C(C)(C)C)cc4)C4c7cc(C(C)(C)C)ccc7OC64)C(C)(C)CCC5(C)C)cc2)CCC3(C)C)c1. The van der Waals surface area contributed by atoms with Gasteiger partial charge in [0.05, 0.1) is 31.5 Å². The van der Waals surface area contributed by atoms with Gasteiger partial charge in [-0.05, 0) is 322 Å². The second kappa shape index (κ2) is 30.1. The number of hydrogen-bond donors (Lipinski definition) is 0. The molecule has 0 bridgehead atoms. The van der Waals surface area contributed by atoms with Gasteiger partial charge in [-0.3, -0.25) is 0 Å². The Labute approximate surface area is 794 Å². The molecule has 12 aromatic rings. The first-order valence-corrected chi connectivity index (χ1v) is 53.0. The second-order valence-corrected chi connectivity index (χ2v) is 55.7. The van der Waals surface area contributed by atoms with Crippen molar-refractivity contribution in [2.24, 2.45) is 0 Å². The molecule has 6 heterocycles. The van der Waals surface area contributed by atoms with Crippen molar-refractivity contribution in [2.45, 2.75) is 330 Å². The predicted octanol–water partition coefficient (Wildman–Crippen LogP) is 29.9. The van der Waals surface area contributed by atoms with E-state index >= 15 is 0 Å². The van der Waals surface area contributed by atoms with Gasteiger partial charge in [0.1, 0.15) is 23.5 Å². The lowest BCUT2D eigenvalue weighted by molar-refractivity contribution is 0.282. The fourth-order valence-corrected chi connectivity index (χ4v) is 26.9. The Kier molecular flexibility index (Phi) is 20.5. The second-order valence-electron chi connectivity index (χ2n) is 50.8. The largest absolute Gasteiger partial charge is 0.495 e. The Balaban J connectivity index is 0.724. The molecule has 0 spiro atoms. The number of anilines is 10. The zero-order valence-corrected chi connectivity index (χ0v) is 86.5. The quantitative estimate of drug-likeness (QED) is 0.127. The highest BCUT2D eigenvalue weighted by molar-refractivity contribution is 6.92. The molecule has 678 valence electrons. The maximum Gasteiger partial charge on any atom is 0.267 e. The molecule has 132 heavy (non-hydrogen) atoms. The zero-order chi connectivity index (χ0) is 94.0. The van der Waals surface area contributed by atoms with Gasteiger partial charge in [-0.1, -0.05) is 312 Å². The summed E-state index contributed by atoms with van der Waals surface area (Å²) in [5.74, 6) is 2.00. The van der Waals surface area contributed by atoms with Crippen LogP contribution in [0.2, 0.25) is 19.1 Å². The number of aryl methyl sites for hydroxylation is 4. The summed E-state index contributed by atoms with van der Waals surface area (Å²) in [6.07, 6.45) is 5.54. The Morgan fingerprint density at radius 3 is 1.23 bits per heavy atom. The molecule has 0 amide bonds. The third kappa shape index (κ3) is 14.6. The molecule has 6 aliphatic heterocycles. The minimum atomic E-state index is -2.24. The van der Waals surface area contributed by atoms with E-state index in [-0.39, 0.29) is 91.7 Å². The van der Waals surface area contributed by atoms with Crippen LogP contribution in [-0.2, 0) is 54.1 Å². The van der Waals surface area contributed by atoms with Crippen molar-refractivity contribution in [3.8, 4) is 33.8 Å². The van der Waals surface area contributed by atoms with E-state index in [2.05, 4.69) is 446 Å². The van der Waals surface area contributed by atoms with Gasteiger partial charge < -0.3 is 29.1 Å². The monoisotopic (exact) mass is 1760 g/mol. The highest BCUT2D eigenvalue weighted by Crippen LogP contribution is 2.61. The normalized spacial score (nSPS) is 20.1. The highest BCUT2D eigenvalue weighted by Gasteiger charge is 2.59. The number of benzene rings is 12. The number of nitrogens with zero attached hydrogens (tertiary/aromatic N) is 4. The summed E-state index contributed by atoms with van der Waals surface area (Å²) in [6.45, 7) is 74.6. The Morgan fingerprint density at radius 1 is 0.333 bits per heavy atom. The number of fused-ring (bicyclic) bond motifs is 14. The lowest BCUT2D eigenvalue weighted by atomic mass is 9.32. The van der Waals surface area contributed by atoms with Crippen molar-refractivity contribution in [2.75, 3.05) is 19.6 Å². The standard InChI is InChI=1S/C123H144B2N4O2Si/c1-73-32-33-76(4)88(60-73)90-70-93-95(72-101(90)129-99-52-42-82(118(17,18)19)67-97(99)124-108-102(61-74(2)64-105(108)129)126(84-44-36-78(37-45-84)114(5,6)7)110-87-50-40-83(119(20,21)22)68-107(87)131-112(110)124)123(29,57-56-122(93,27)28)58-59-132(30,31)86-48-34-77(35-49-86)89-69-92-94(121(25,26)55-54-120(92,23)24)71-100(89)128-98-51-41-81(117(14,15)16)66-96(98)125-109-103(62-75(3)63-104(109)128)127(85-46-38-79(39-47-85)115(8,9)10)111-91-65-80(116(11,12)13)43-53-106(91)130-113(111)125/h32-53,60-72,110-113H,54-59H2,1-31H3. The smallest absolute Gasteiger partial charge is 0.267 e. The maximum atomic E-state index is 7.83. The summed E-state index contributed by atoms with van der Waals surface area (Å²) in [5.41, 5.74) is 43.6. The fourth-order valence-electron chi connectivity index (χ4n) is 24.4. The first kappa shape index (κ1) is 89.6. The molecule has 0 N–H and O–H groups in total. The van der Waals surface area contributed by atoms with Gasteiger partial charge in [0.2, 0.25) is 0 Å². The van der Waals surface area contributed by atoms with Crippen LogP contribution in [0, 0.1) is 27.7 Å². The topological polar surface area (TPSA) is 31.4 Å². The van der Waals surface area contributed by atoms with Crippen LogP contribution < -0.4 is 56.1 Å². The van der Waals surface area contributed by atoms with Gasteiger partial charge in [-0.15, -0.1) is 0 Å². The molecule has 0 fully saturated rings. The minimum Gasteiger partial charge on any atom is -0.495 e. The molecular formula is C123H144B2N4O2Si. The van der Waals surface area contributed by atoms with E-state index in [9.17, 15) is 0 Å².